The molecular weight excluding hydrogens is 236 g/mol. The van der Waals surface area contributed by atoms with Crippen LogP contribution < -0.4 is 5.32 Å². The van der Waals surface area contributed by atoms with E-state index in [1.54, 1.807) is 6.20 Å². The number of nitrogens with zero attached hydrogens (tertiary/aromatic N) is 3. The Hall–Kier alpha value is -2.49. The van der Waals surface area contributed by atoms with E-state index >= 15 is 0 Å². The van der Waals surface area contributed by atoms with Crippen LogP contribution in [0.4, 0.5) is 5.82 Å². The second kappa shape index (κ2) is 4.65. The van der Waals surface area contributed by atoms with Gasteiger partial charge in [-0.3, -0.25) is 4.98 Å². The van der Waals surface area contributed by atoms with Gasteiger partial charge in [0.1, 0.15) is 5.82 Å². The number of hydrogen-bond acceptors (Lipinski definition) is 4. The number of aromatic nitrogens is 3. The van der Waals surface area contributed by atoms with Crippen molar-refractivity contribution in [1.82, 2.24) is 15.0 Å². The minimum atomic E-state index is 0.716. The highest BCUT2D eigenvalue weighted by molar-refractivity contribution is 5.92. The molecule has 0 amide bonds. The summed E-state index contributed by atoms with van der Waals surface area (Å²) in [6.45, 7) is 1.98. The second-order valence-electron chi connectivity index (χ2n) is 4.34. The zero-order chi connectivity index (χ0) is 13.2. The van der Waals surface area contributed by atoms with Gasteiger partial charge in [-0.25, -0.2) is 9.97 Å². The fourth-order valence-electron chi connectivity index (χ4n) is 2.12. The molecule has 0 aliphatic carbocycles. The molecule has 94 valence electrons. The Morgan fingerprint density at radius 2 is 1.89 bits per heavy atom. The smallest absolute Gasteiger partial charge is 0.162 e. The Morgan fingerprint density at radius 3 is 2.74 bits per heavy atom. The standard InChI is InChI=1S/C15H14N4/c1-10-9-12(11-5-3-4-6-13(11)18-10)15-17-8-7-14(16-2)19-15/h3-9H,1-2H3,(H,16,17,19). The first-order chi connectivity index (χ1) is 9.28. The van der Waals surface area contributed by atoms with Gasteiger partial charge in [-0.05, 0) is 25.1 Å². The summed E-state index contributed by atoms with van der Waals surface area (Å²) < 4.78 is 0. The highest BCUT2D eigenvalue weighted by atomic mass is 15.0. The maximum absolute atomic E-state index is 4.53. The number of nitrogens with one attached hydrogen (secondary N) is 1. The topological polar surface area (TPSA) is 50.7 Å². The van der Waals surface area contributed by atoms with Crippen LogP contribution in [0.3, 0.4) is 0 Å². The average Bonchev–Trinajstić information content (AvgIpc) is 2.46. The zero-order valence-corrected chi connectivity index (χ0v) is 10.9. The summed E-state index contributed by atoms with van der Waals surface area (Å²) in [4.78, 5) is 13.4. The molecule has 1 N–H and O–H groups in total. The largest absolute Gasteiger partial charge is 0.373 e. The van der Waals surface area contributed by atoms with Crippen molar-refractivity contribution in [2.75, 3.05) is 12.4 Å². The minimum absolute atomic E-state index is 0.716. The first-order valence-electron chi connectivity index (χ1n) is 6.15. The van der Waals surface area contributed by atoms with Crippen LogP contribution in [0.15, 0.2) is 42.6 Å². The molecule has 3 rings (SSSR count). The number of aryl methyl sites for hydroxylation is 1. The molecule has 1 aromatic carbocycles. The van der Waals surface area contributed by atoms with Gasteiger partial charge in [0.2, 0.25) is 0 Å². The van der Waals surface area contributed by atoms with E-state index in [4.69, 9.17) is 0 Å². The highest BCUT2D eigenvalue weighted by Crippen LogP contribution is 2.26. The molecule has 2 aromatic heterocycles. The number of para-hydroxylation sites is 1. The molecule has 2 heterocycles. The van der Waals surface area contributed by atoms with Crippen LogP contribution in [0.1, 0.15) is 5.69 Å². The molecule has 0 bridgehead atoms. The summed E-state index contributed by atoms with van der Waals surface area (Å²) in [7, 11) is 1.85. The van der Waals surface area contributed by atoms with E-state index in [0.29, 0.717) is 5.82 Å². The second-order valence-corrected chi connectivity index (χ2v) is 4.34. The fourth-order valence-corrected chi connectivity index (χ4v) is 2.12. The summed E-state index contributed by atoms with van der Waals surface area (Å²) in [5, 5.41) is 4.10. The first-order valence-corrected chi connectivity index (χ1v) is 6.15. The van der Waals surface area contributed by atoms with Gasteiger partial charge in [-0.2, -0.15) is 0 Å². The molecule has 0 aliphatic heterocycles. The van der Waals surface area contributed by atoms with Crippen LogP contribution in [0.25, 0.3) is 22.3 Å². The number of fused-ring (bicyclic) bond motifs is 1. The molecule has 0 radical (unpaired) electrons. The van der Waals surface area contributed by atoms with E-state index in [-0.39, 0.29) is 0 Å². The van der Waals surface area contributed by atoms with Crippen LogP contribution >= 0.6 is 0 Å². The Balaban J connectivity index is 2.29. The summed E-state index contributed by atoms with van der Waals surface area (Å²) in [6.07, 6.45) is 1.76. The molecule has 0 saturated heterocycles. The number of hydrogen-bond donors (Lipinski definition) is 1. The van der Waals surface area contributed by atoms with Crippen LogP contribution in [0, 0.1) is 6.92 Å². The van der Waals surface area contributed by atoms with Crippen LogP contribution in [-0.4, -0.2) is 22.0 Å². The predicted octanol–water partition coefficient (Wildman–Crippen LogP) is 3.04. The number of anilines is 1. The molecule has 4 heteroatoms. The van der Waals surface area contributed by atoms with Gasteiger partial charge in [-0.15, -0.1) is 0 Å². The molecule has 0 atom stereocenters. The zero-order valence-electron chi connectivity index (χ0n) is 10.9. The van der Waals surface area contributed by atoms with Gasteiger partial charge < -0.3 is 5.32 Å². The van der Waals surface area contributed by atoms with Crippen molar-refractivity contribution in [3.05, 3.63) is 48.3 Å². The van der Waals surface area contributed by atoms with Crippen molar-refractivity contribution in [2.24, 2.45) is 0 Å². The van der Waals surface area contributed by atoms with Gasteiger partial charge >= 0.3 is 0 Å². The lowest BCUT2D eigenvalue weighted by atomic mass is 10.1. The minimum Gasteiger partial charge on any atom is -0.373 e. The van der Waals surface area contributed by atoms with Crippen LogP contribution in [0.2, 0.25) is 0 Å². The fraction of sp³-hybridized carbons (Fsp3) is 0.133. The Bertz CT molecular complexity index is 737. The molecule has 4 nitrogen and oxygen atoms in total. The third-order valence-electron chi connectivity index (χ3n) is 3.00. The highest BCUT2D eigenvalue weighted by Gasteiger charge is 2.08. The number of rotatable bonds is 2. The summed E-state index contributed by atoms with van der Waals surface area (Å²) >= 11 is 0. The maximum atomic E-state index is 4.53. The lowest BCUT2D eigenvalue weighted by Gasteiger charge is -2.07. The average molecular weight is 250 g/mol. The molecule has 0 spiro atoms. The van der Waals surface area contributed by atoms with Crippen molar-refractivity contribution >= 4 is 16.7 Å². The Labute approximate surface area is 111 Å². The summed E-state index contributed by atoms with van der Waals surface area (Å²) in [5.74, 6) is 1.53. The molecule has 0 unspecified atom stereocenters. The van der Waals surface area contributed by atoms with Gasteiger partial charge in [0.25, 0.3) is 0 Å². The normalized spacial score (nSPS) is 10.6. The van der Waals surface area contributed by atoms with Gasteiger partial charge in [0.05, 0.1) is 5.52 Å². The molecule has 0 aliphatic rings. The van der Waals surface area contributed by atoms with Crippen molar-refractivity contribution in [1.29, 1.82) is 0 Å². The molecule has 3 aromatic rings. The van der Waals surface area contributed by atoms with Gasteiger partial charge in [0, 0.05) is 29.9 Å². The lowest BCUT2D eigenvalue weighted by Crippen LogP contribution is -1.97. The third-order valence-corrected chi connectivity index (χ3v) is 3.00. The van der Waals surface area contributed by atoms with Crippen molar-refractivity contribution in [3.8, 4) is 11.4 Å². The molecule has 19 heavy (non-hydrogen) atoms. The SMILES string of the molecule is CNc1ccnc(-c2cc(C)nc3ccccc23)n1. The summed E-state index contributed by atoms with van der Waals surface area (Å²) in [5.41, 5.74) is 2.95. The number of benzene rings is 1. The monoisotopic (exact) mass is 250 g/mol. The maximum Gasteiger partial charge on any atom is 0.162 e. The van der Waals surface area contributed by atoms with Crippen LogP contribution in [0.5, 0.6) is 0 Å². The Kier molecular flexibility index (Phi) is 2.83. The van der Waals surface area contributed by atoms with E-state index in [0.717, 1.165) is 28.0 Å². The van der Waals surface area contributed by atoms with Crippen molar-refractivity contribution in [3.63, 3.8) is 0 Å². The molecule has 0 saturated carbocycles. The van der Waals surface area contributed by atoms with E-state index in [1.165, 1.54) is 0 Å². The number of pyridine rings is 1. The van der Waals surface area contributed by atoms with Crippen molar-refractivity contribution < 1.29 is 0 Å². The lowest BCUT2D eigenvalue weighted by molar-refractivity contribution is 1.16. The molecule has 0 fully saturated rings. The van der Waals surface area contributed by atoms with Gasteiger partial charge in [0.15, 0.2) is 5.82 Å². The van der Waals surface area contributed by atoms with Crippen molar-refractivity contribution in [2.45, 2.75) is 6.92 Å². The van der Waals surface area contributed by atoms with Crippen LogP contribution in [-0.2, 0) is 0 Å². The molecular formula is C15H14N4. The van der Waals surface area contributed by atoms with E-state index in [2.05, 4.69) is 20.3 Å². The third kappa shape index (κ3) is 2.12. The quantitative estimate of drug-likeness (QED) is 0.759. The first kappa shape index (κ1) is 11.6. The van der Waals surface area contributed by atoms with E-state index < -0.39 is 0 Å². The van der Waals surface area contributed by atoms with Gasteiger partial charge in [-0.1, -0.05) is 18.2 Å². The van der Waals surface area contributed by atoms with E-state index in [9.17, 15) is 0 Å². The van der Waals surface area contributed by atoms with E-state index in [1.807, 2.05) is 50.4 Å². The predicted molar refractivity (Wildman–Crippen MR) is 77.1 cm³/mol. The summed E-state index contributed by atoms with van der Waals surface area (Å²) in [6, 6.07) is 11.9. The Morgan fingerprint density at radius 1 is 1.05 bits per heavy atom.